The summed E-state index contributed by atoms with van der Waals surface area (Å²) in [6.07, 6.45) is 4.90. The van der Waals surface area contributed by atoms with E-state index in [4.69, 9.17) is 4.42 Å². The van der Waals surface area contributed by atoms with Crippen molar-refractivity contribution in [2.45, 2.75) is 46.1 Å². The fraction of sp³-hybridized carbons (Fsp3) is 0.562. The van der Waals surface area contributed by atoms with Gasteiger partial charge in [-0.25, -0.2) is 0 Å². The molecular weight excluding hydrogens is 250 g/mol. The summed E-state index contributed by atoms with van der Waals surface area (Å²) < 4.78 is 7.45. The van der Waals surface area contributed by atoms with Crippen LogP contribution < -0.4 is 5.32 Å². The van der Waals surface area contributed by atoms with E-state index in [0.29, 0.717) is 0 Å². The van der Waals surface area contributed by atoms with Gasteiger partial charge in [-0.1, -0.05) is 13.8 Å². The maximum Gasteiger partial charge on any atom is 0.101 e. The molecule has 4 nitrogen and oxygen atoms in total. The van der Waals surface area contributed by atoms with Crippen LogP contribution in [-0.4, -0.2) is 16.3 Å². The summed E-state index contributed by atoms with van der Waals surface area (Å²) in [6.45, 7) is 7.31. The van der Waals surface area contributed by atoms with Crippen molar-refractivity contribution in [2.75, 3.05) is 6.54 Å². The number of nitrogens with one attached hydrogen (secondary N) is 1. The molecule has 0 aliphatic carbocycles. The summed E-state index contributed by atoms with van der Waals surface area (Å²) in [6, 6.07) is 4.60. The number of rotatable bonds is 7. The number of furan rings is 1. The van der Waals surface area contributed by atoms with E-state index >= 15 is 0 Å². The van der Waals surface area contributed by atoms with Gasteiger partial charge in [0, 0.05) is 30.8 Å². The van der Waals surface area contributed by atoms with Crippen LogP contribution in [0, 0.1) is 6.92 Å². The van der Waals surface area contributed by atoms with Gasteiger partial charge in [0.2, 0.25) is 0 Å². The first-order valence-corrected chi connectivity index (χ1v) is 7.44. The van der Waals surface area contributed by atoms with E-state index in [9.17, 15) is 0 Å². The highest BCUT2D eigenvalue weighted by Gasteiger charge is 2.16. The summed E-state index contributed by atoms with van der Waals surface area (Å²) in [5, 5.41) is 8.13. The Kier molecular flexibility index (Phi) is 5.01. The van der Waals surface area contributed by atoms with Crippen LogP contribution in [0.1, 0.15) is 49.0 Å². The minimum atomic E-state index is 0.285. The van der Waals surface area contributed by atoms with E-state index in [-0.39, 0.29) is 6.04 Å². The predicted molar refractivity (Wildman–Crippen MR) is 80.8 cm³/mol. The van der Waals surface area contributed by atoms with Crippen LogP contribution in [0.5, 0.6) is 0 Å². The Morgan fingerprint density at radius 1 is 1.35 bits per heavy atom. The number of aromatic nitrogens is 2. The average Bonchev–Trinajstić information content (AvgIpc) is 3.01. The van der Waals surface area contributed by atoms with Crippen molar-refractivity contribution in [2.24, 2.45) is 7.05 Å². The average molecular weight is 275 g/mol. The third-order valence-electron chi connectivity index (χ3n) is 3.60. The molecule has 0 amide bonds. The van der Waals surface area contributed by atoms with Gasteiger partial charge in [-0.2, -0.15) is 5.10 Å². The second-order valence-electron chi connectivity index (χ2n) is 5.31. The van der Waals surface area contributed by atoms with E-state index in [1.165, 1.54) is 11.3 Å². The van der Waals surface area contributed by atoms with Gasteiger partial charge >= 0.3 is 0 Å². The minimum absolute atomic E-state index is 0.285. The largest absolute Gasteiger partial charge is 0.469 e. The van der Waals surface area contributed by atoms with Gasteiger partial charge in [0.1, 0.15) is 5.76 Å². The Hall–Kier alpha value is -1.55. The minimum Gasteiger partial charge on any atom is -0.469 e. The molecule has 0 spiro atoms. The second-order valence-corrected chi connectivity index (χ2v) is 5.31. The molecule has 2 aromatic rings. The summed E-state index contributed by atoms with van der Waals surface area (Å²) in [7, 11) is 2.02. The Balaban J connectivity index is 2.16. The molecule has 0 fully saturated rings. The molecule has 0 saturated carbocycles. The Morgan fingerprint density at radius 2 is 2.15 bits per heavy atom. The zero-order valence-electron chi connectivity index (χ0n) is 12.9. The quantitative estimate of drug-likeness (QED) is 0.844. The second kappa shape index (κ2) is 6.75. The molecule has 1 unspecified atom stereocenters. The van der Waals surface area contributed by atoms with Crippen LogP contribution in [0.2, 0.25) is 0 Å². The highest BCUT2D eigenvalue weighted by atomic mass is 16.3. The molecule has 20 heavy (non-hydrogen) atoms. The number of nitrogens with zero attached hydrogens (tertiary/aromatic N) is 2. The van der Waals surface area contributed by atoms with E-state index in [2.05, 4.69) is 36.4 Å². The lowest BCUT2D eigenvalue weighted by Gasteiger charge is -2.17. The molecular formula is C16H25N3O. The predicted octanol–water partition coefficient (Wildman–Crippen LogP) is 3.17. The lowest BCUT2D eigenvalue weighted by atomic mass is 10.0. The van der Waals surface area contributed by atoms with Crippen LogP contribution in [-0.2, 0) is 19.9 Å². The zero-order chi connectivity index (χ0) is 14.5. The third kappa shape index (κ3) is 3.51. The van der Waals surface area contributed by atoms with Crippen molar-refractivity contribution < 1.29 is 4.42 Å². The van der Waals surface area contributed by atoms with Crippen molar-refractivity contribution in [1.29, 1.82) is 0 Å². The van der Waals surface area contributed by atoms with Gasteiger partial charge in [0.15, 0.2) is 0 Å². The van der Waals surface area contributed by atoms with Crippen LogP contribution in [0.25, 0.3) is 0 Å². The molecule has 2 rings (SSSR count). The Bertz CT molecular complexity index is 542. The topological polar surface area (TPSA) is 43.0 Å². The summed E-state index contributed by atoms with van der Waals surface area (Å²) >= 11 is 0. The van der Waals surface area contributed by atoms with Crippen molar-refractivity contribution in [3.05, 3.63) is 41.1 Å². The summed E-state index contributed by atoms with van der Waals surface area (Å²) in [5.74, 6) is 0.961. The lowest BCUT2D eigenvalue weighted by molar-refractivity contribution is 0.494. The third-order valence-corrected chi connectivity index (χ3v) is 3.60. The van der Waals surface area contributed by atoms with E-state index in [1.54, 1.807) is 0 Å². The molecule has 1 N–H and O–H groups in total. The molecule has 0 aromatic carbocycles. The maximum absolute atomic E-state index is 5.46. The van der Waals surface area contributed by atoms with Gasteiger partial charge in [-0.05, 0) is 38.4 Å². The monoisotopic (exact) mass is 275 g/mol. The van der Waals surface area contributed by atoms with Gasteiger partial charge in [-0.3, -0.25) is 4.68 Å². The molecule has 0 aliphatic rings. The first-order valence-electron chi connectivity index (χ1n) is 7.44. The van der Waals surface area contributed by atoms with E-state index in [0.717, 1.165) is 37.3 Å². The van der Waals surface area contributed by atoms with Gasteiger partial charge < -0.3 is 9.73 Å². The molecule has 110 valence electrons. The number of hydrogen-bond donors (Lipinski definition) is 1. The normalized spacial score (nSPS) is 12.8. The molecule has 4 heteroatoms. The van der Waals surface area contributed by atoms with Crippen molar-refractivity contribution in [1.82, 2.24) is 15.1 Å². The van der Waals surface area contributed by atoms with Crippen molar-refractivity contribution in [3.8, 4) is 0 Å². The molecule has 0 saturated heterocycles. The summed E-state index contributed by atoms with van der Waals surface area (Å²) in [4.78, 5) is 0. The zero-order valence-corrected chi connectivity index (χ0v) is 12.9. The van der Waals surface area contributed by atoms with Gasteiger partial charge in [0.25, 0.3) is 0 Å². The number of aryl methyl sites for hydroxylation is 3. The van der Waals surface area contributed by atoms with Crippen LogP contribution in [0.15, 0.2) is 22.8 Å². The molecule has 0 radical (unpaired) electrons. The van der Waals surface area contributed by atoms with Gasteiger partial charge in [-0.15, -0.1) is 0 Å². The molecule has 0 bridgehead atoms. The van der Waals surface area contributed by atoms with Crippen LogP contribution in [0.4, 0.5) is 0 Å². The highest BCUT2D eigenvalue weighted by Crippen LogP contribution is 2.21. The first kappa shape index (κ1) is 14.9. The number of hydrogen-bond acceptors (Lipinski definition) is 3. The molecule has 1 atom stereocenters. The lowest BCUT2D eigenvalue weighted by Crippen LogP contribution is -2.24. The molecule has 2 aromatic heterocycles. The smallest absolute Gasteiger partial charge is 0.101 e. The Morgan fingerprint density at radius 3 is 2.70 bits per heavy atom. The highest BCUT2D eigenvalue weighted by molar-refractivity contribution is 5.20. The molecule has 0 aliphatic heterocycles. The van der Waals surface area contributed by atoms with Crippen LogP contribution >= 0.6 is 0 Å². The van der Waals surface area contributed by atoms with Crippen molar-refractivity contribution in [3.63, 3.8) is 0 Å². The first-order chi connectivity index (χ1) is 9.63. The maximum atomic E-state index is 5.46. The van der Waals surface area contributed by atoms with Crippen LogP contribution in [0.3, 0.4) is 0 Å². The van der Waals surface area contributed by atoms with E-state index in [1.807, 2.05) is 24.9 Å². The Labute approximate surface area is 121 Å². The molecule has 2 heterocycles. The van der Waals surface area contributed by atoms with Crippen molar-refractivity contribution >= 4 is 0 Å². The fourth-order valence-corrected chi connectivity index (χ4v) is 2.42. The SMILES string of the molecule is CCCNC(Cc1cc(CC)nn1C)c1coc(C)c1. The standard InChI is InChI=1S/C16H25N3O/c1-5-7-17-16(13-8-12(3)20-11-13)10-15-9-14(6-2)18-19(15)4/h8-9,11,16-17H,5-7,10H2,1-4H3. The van der Waals surface area contributed by atoms with E-state index < -0.39 is 0 Å². The fourth-order valence-electron chi connectivity index (χ4n) is 2.42. The van der Waals surface area contributed by atoms with Gasteiger partial charge in [0.05, 0.1) is 12.0 Å². The summed E-state index contributed by atoms with van der Waals surface area (Å²) in [5.41, 5.74) is 3.63.